The summed E-state index contributed by atoms with van der Waals surface area (Å²) in [6.45, 7) is 9.75. The number of amides is 2. The lowest BCUT2D eigenvalue weighted by atomic mass is 9.74. The highest BCUT2D eigenvalue weighted by Crippen LogP contribution is 2.47. The smallest absolute Gasteiger partial charge is 0.314 e. The average Bonchev–Trinajstić information content (AvgIpc) is 3.59. The van der Waals surface area contributed by atoms with E-state index in [4.69, 9.17) is 4.74 Å². The zero-order valence-electron chi connectivity index (χ0n) is 29.7. The van der Waals surface area contributed by atoms with Crippen LogP contribution in [0.4, 0.5) is 0 Å². The third kappa shape index (κ3) is 7.72. The van der Waals surface area contributed by atoms with Crippen LogP contribution in [0.15, 0.2) is 89.7 Å². The minimum atomic E-state index is -0.918. The van der Waals surface area contributed by atoms with E-state index >= 15 is 0 Å². The van der Waals surface area contributed by atoms with Crippen molar-refractivity contribution in [1.82, 2.24) is 20.4 Å². The number of aromatic nitrogens is 2. The Morgan fingerprint density at radius 3 is 2.24 bits per heavy atom. The molecule has 0 saturated carbocycles. The predicted molar refractivity (Wildman–Crippen MR) is 193 cm³/mol. The molecular weight excluding hydrogens is 628 g/mol. The molecule has 1 aliphatic rings. The highest BCUT2D eigenvalue weighted by molar-refractivity contribution is 5.98. The zero-order chi connectivity index (χ0) is 35.8. The fourth-order valence-electron chi connectivity index (χ4n) is 7.37. The number of hydrogen-bond acceptors (Lipinski definition) is 6. The van der Waals surface area contributed by atoms with Gasteiger partial charge in [0.05, 0.1) is 17.2 Å². The van der Waals surface area contributed by atoms with Crippen molar-refractivity contribution >= 4 is 17.8 Å². The molecule has 1 aliphatic heterocycles. The van der Waals surface area contributed by atoms with Crippen molar-refractivity contribution < 1.29 is 19.1 Å². The molecular formula is C41H48N4O5. The number of likely N-dealkylation sites (tertiary alicyclic amines) is 1. The summed E-state index contributed by atoms with van der Waals surface area (Å²) in [6.07, 6.45) is 3.13. The molecule has 3 atom stereocenters. The Hall–Kier alpha value is -5.05. The van der Waals surface area contributed by atoms with Crippen molar-refractivity contribution in [3.05, 3.63) is 134 Å². The Morgan fingerprint density at radius 2 is 1.60 bits per heavy atom. The fourth-order valence-corrected chi connectivity index (χ4v) is 7.37. The number of nitrogens with zero attached hydrogens (tertiary/aromatic N) is 2. The number of benzene rings is 3. The number of ether oxygens (including phenoxy) is 1. The number of nitrogens with one attached hydrogen (secondary N) is 2. The van der Waals surface area contributed by atoms with Gasteiger partial charge in [0, 0.05) is 23.6 Å². The first-order chi connectivity index (χ1) is 24.1. The van der Waals surface area contributed by atoms with Gasteiger partial charge in [-0.3, -0.25) is 19.2 Å². The molecule has 2 heterocycles. The lowest BCUT2D eigenvalue weighted by Gasteiger charge is -2.43. The van der Waals surface area contributed by atoms with Gasteiger partial charge in [0.15, 0.2) is 0 Å². The number of carbonyl (C=O) groups is 3. The van der Waals surface area contributed by atoms with Gasteiger partial charge >= 0.3 is 5.97 Å². The quantitative estimate of drug-likeness (QED) is 0.151. The van der Waals surface area contributed by atoms with Crippen LogP contribution in [0, 0.1) is 19.3 Å². The van der Waals surface area contributed by atoms with Gasteiger partial charge in [-0.15, -0.1) is 0 Å². The van der Waals surface area contributed by atoms with Gasteiger partial charge in [-0.2, -0.15) is 5.10 Å². The number of hydrogen-bond donors (Lipinski definition) is 2. The van der Waals surface area contributed by atoms with Gasteiger partial charge in [-0.05, 0) is 86.4 Å². The van der Waals surface area contributed by atoms with E-state index in [-0.39, 0.29) is 36.0 Å². The third-order valence-electron chi connectivity index (χ3n) is 10.3. The maximum atomic E-state index is 14.7. The molecule has 0 bridgehead atoms. The highest BCUT2D eigenvalue weighted by Gasteiger charge is 2.53. The van der Waals surface area contributed by atoms with Gasteiger partial charge in [-0.25, -0.2) is 5.10 Å². The van der Waals surface area contributed by atoms with Crippen LogP contribution in [0.5, 0.6) is 0 Å². The molecule has 0 unspecified atom stereocenters. The molecule has 1 saturated heterocycles. The van der Waals surface area contributed by atoms with Crippen molar-refractivity contribution in [2.75, 3.05) is 0 Å². The summed E-state index contributed by atoms with van der Waals surface area (Å²) in [5.74, 6) is -0.872. The van der Waals surface area contributed by atoms with Gasteiger partial charge < -0.3 is 15.0 Å². The van der Waals surface area contributed by atoms with Gasteiger partial charge in [-0.1, -0.05) is 87.5 Å². The van der Waals surface area contributed by atoms with Crippen molar-refractivity contribution in [2.24, 2.45) is 5.41 Å². The molecule has 50 heavy (non-hydrogen) atoms. The molecule has 9 heteroatoms. The Labute approximate surface area is 294 Å². The first-order valence-electron chi connectivity index (χ1n) is 17.7. The van der Waals surface area contributed by atoms with Crippen molar-refractivity contribution in [3.8, 4) is 0 Å². The summed E-state index contributed by atoms with van der Waals surface area (Å²) >= 11 is 0. The summed E-state index contributed by atoms with van der Waals surface area (Å²) in [5, 5.41) is 9.49. The normalized spacial score (nSPS) is 16.5. The molecule has 9 nitrogen and oxygen atoms in total. The van der Waals surface area contributed by atoms with Crippen LogP contribution in [-0.4, -0.2) is 45.0 Å². The monoisotopic (exact) mass is 676 g/mol. The molecule has 2 amide bonds. The van der Waals surface area contributed by atoms with Crippen molar-refractivity contribution in [3.63, 3.8) is 0 Å². The summed E-state index contributed by atoms with van der Waals surface area (Å²) in [4.78, 5) is 56.7. The lowest BCUT2D eigenvalue weighted by Crippen LogP contribution is -2.56. The Kier molecular flexibility index (Phi) is 11.7. The van der Waals surface area contributed by atoms with Gasteiger partial charge in [0.2, 0.25) is 5.91 Å². The van der Waals surface area contributed by atoms with Crippen LogP contribution in [0.2, 0.25) is 0 Å². The Balaban J connectivity index is 1.40. The van der Waals surface area contributed by atoms with E-state index in [1.807, 2.05) is 106 Å². The molecule has 0 aliphatic carbocycles. The number of rotatable bonds is 13. The van der Waals surface area contributed by atoms with E-state index in [0.29, 0.717) is 49.7 Å². The topological polar surface area (TPSA) is 121 Å². The Bertz CT molecular complexity index is 1850. The minimum Gasteiger partial charge on any atom is -0.460 e. The van der Waals surface area contributed by atoms with Gasteiger partial charge in [0.25, 0.3) is 11.5 Å². The fraction of sp³-hybridized carbons (Fsp3) is 0.390. The van der Waals surface area contributed by atoms with Crippen LogP contribution in [0.1, 0.15) is 103 Å². The number of esters is 1. The third-order valence-corrected chi connectivity index (χ3v) is 10.3. The molecule has 5 rings (SSSR count). The number of carbonyl (C=O) groups excluding carboxylic acids is 3. The molecule has 262 valence electrons. The van der Waals surface area contributed by atoms with E-state index in [1.54, 1.807) is 18.2 Å². The number of aryl methyl sites for hydroxylation is 2. The van der Waals surface area contributed by atoms with Crippen LogP contribution >= 0.6 is 0 Å². The van der Waals surface area contributed by atoms with E-state index in [2.05, 4.69) is 15.5 Å². The average molecular weight is 677 g/mol. The molecule has 4 aromatic rings. The predicted octanol–water partition coefficient (Wildman–Crippen LogP) is 6.77. The minimum absolute atomic E-state index is 0.161. The van der Waals surface area contributed by atoms with Crippen LogP contribution < -0.4 is 10.9 Å². The largest absolute Gasteiger partial charge is 0.460 e. The first-order valence-corrected chi connectivity index (χ1v) is 17.7. The van der Waals surface area contributed by atoms with Gasteiger partial charge in [0.1, 0.15) is 12.6 Å². The summed E-state index contributed by atoms with van der Waals surface area (Å²) in [6, 6.07) is 25.2. The molecule has 1 aromatic heterocycles. The van der Waals surface area contributed by atoms with E-state index in [0.717, 1.165) is 27.9 Å². The number of aromatic amines is 1. The summed E-state index contributed by atoms with van der Waals surface area (Å²) in [5.41, 5.74) is 4.27. The van der Waals surface area contributed by atoms with Crippen LogP contribution in [0.3, 0.4) is 0 Å². The molecule has 3 aromatic carbocycles. The highest BCUT2D eigenvalue weighted by atomic mass is 16.5. The van der Waals surface area contributed by atoms with Crippen LogP contribution in [0.25, 0.3) is 0 Å². The maximum Gasteiger partial charge on any atom is 0.314 e. The SMILES string of the molecule is CC[C@@H](NC(=O)c1ccc(Cc2cc(C)n[nH]c2=O)c(C)c1)C(=O)N1[C@H](c2ccccc2)CC[C@@H]1C(CC)(CC)C(=O)OCc1ccccc1. The zero-order valence-corrected chi connectivity index (χ0v) is 29.7. The maximum absolute atomic E-state index is 14.7. The second kappa shape index (κ2) is 16.1. The lowest BCUT2D eigenvalue weighted by molar-refractivity contribution is -0.165. The Morgan fingerprint density at radius 1 is 0.920 bits per heavy atom. The van der Waals surface area contributed by atoms with Crippen molar-refractivity contribution in [1.29, 1.82) is 0 Å². The molecule has 0 spiro atoms. The molecule has 2 N–H and O–H groups in total. The molecule has 1 fully saturated rings. The standard InChI is InChI=1S/C41H48N4O5/c1-6-34(42-37(46)32-20-19-31(27(4)23-32)25-33-24-28(5)43-44-38(33)47)39(48)45-35(30-17-13-10-14-18-30)21-22-36(45)41(7-2,8-3)40(49)50-26-29-15-11-9-12-16-29/h9-20,23-24,34-36H,6-8,21-22,25-26H2,1-5H3,(H,42,46)(H,44,47)/t34-,35+,36-/m1/s1. The van der Waals surface area contributed by atoms with Crippen molar-refractivity contribution in [2.45, 2.75) is 97.9 Å². The molecule has 0 radical (unpaired) electrons. The van der Waals surface area contributed by atoms with Crippen LogP contribution in [-0.2, 0) is 27.4 Å². The summed E-state index contributed by atoms with van der Waals surface area (Å²) in [7, 11) is 0. The second-order valence-electron chi connectivity index (χ2n) is 13.3. The summed E-state index contributed by atoms with van der Waals surface area (Å²) < 4.78 is 5.97. The first kappa shape index (κ1) is 36.2. The van der Waals surface area contributed by atoms with E-state index < -0.39 is 17.5 Å². The van der Waals surface area contributed by atoms with E-state index in [1.165, 1.54) is 0 Å². The van der Waals surface area contributed by atoms with E-state index in [9.17, 15) is 19.2 Å². The second-order valence-corrected chi connectivity index (χ2v) is 13.3. The number of H-pyrrole nitrogens is 1.